The van der Waals surface area contributed by atoms with E-state index in [4.69, 9.17) is 0 Å². The van der Waals surface area contributed by atoms with Gasteiger partial charge in [-0.1, -0.05) is 13.3 Å². The topological polar surface area (TPSA) is 18.5 Å². The van der Waals surface area contributed by atoms with Gasteiger partial charge in [0.1, 0.15) is 0 Å². The maximum atomic E-state index is 3.59. The van der Waals surface area contributed by atoms with E-state index >= 15 is 0 Å². The van der Waals surface area contributed by atoms with Crippen LogP contribution in [0.15, 0.2) is 0 Å². The van der Waals surface area contributed by atoms with E-state index in [0.717, 1.165) is 12.6 Å². The minimum Gasteiger partial charge on any atom is -0.315 e. The number of hydrogen-bond donors (Lipinski definition) is 1. The Morgan fingerprint density at radius 2 is 2.00 bits per heavy atom. The van der Waals surface area contributed by atoms with Crippen molar-refractivity contribution >= 4 is 0 Å². The second-order valence-electron chi connectivity index (χ2n) is 6.09. The number of nitrogens with one attached hydrogen (secondary N) is 1. The molecule has 2 heterocycles. The molecule has 2 saturated heterocycles. The molecule has 2 fully saturated rings. The third-order valence-electron chi connectivity index (χ3n) is 4.62. The molecule has 0 spiro atoms. The Hall–Kier alpha value is -0.120. The Kier molecular flexibility index (Phi) is 5.93. The predicted octanol–water partition coefficient (Wildman–Crippen LogP) is 1.93. The van der Waals surface area contributed by atoms with Crippen LogP contribution in [0.3, 0.4) is 0 Å². The van der Waals surface area contributed by atoms with Gasteiger partial charge in [-0.3, -0.25) is 9.80 Å². The third-order valence-corrected chi connectivity index (χ3v) is 4.62. The molecule has 0 amide bonds. The normalized spacial score (nSPS) is 28.0. The molecule has 106 valence electrons. The monoisotopic (exact) mass is 253 g/mol. The van der Waals surface area contributed by atoms with Crippen LogP contribution in [0.5, 0.6) is 0 Å². The zero-order valence-corrected chi connectivity index (χ0v) is 12.3. The molecule has 2 aliphatic rings. The fraction of sp³-hybridized carbons (Fsp3) is 1.00. The van der Waals surface area contributed by atoms with E-state index in [1.54, 1.807) is 0 Å². The van der Waals surface area contributed by atoms with Gasteiger partial charge in [-0.2, -0.15) is 0 Å². The molecule has 2 atom stereocenters. The van der Waals surface area contributed by atoms with Crippen molar-refractivity contribution in [3.63, 3.8) is 0 Å². The SMILES string of the molecule is CCCCNCC(C)N1CCC(N2CCCC2)C1. The first kappa shape index (κ1) is 14.3. The van der Waals surface area contributed by atoms with Gasteiger partial charge in [0.2, 0.25) is 0 Å². The number of nitrogens with zero attached hydrogens (tertiary/aromatic N) is 2. The van der Waals surface area contributed by atoms with Crippen molar-refractivity contribution in [3.05, 3.63) is 0 Å². The van der Waals surface area contributed by atoms with Crippen molar-refractivity contribution in [3.8, 4) is 0 Å². The molecule has 0 bridgehead atoms. The molecule has 0 aromatic carbocycles. The zero-order chi connectivity index (χ0) is 12.8. The molecule has 3 heteroatoms. The van der Waals surface area contributed by atoms with Crippen LogP contribution < -0.4 is 5.32 Å². The second-order valence-corrected chi connectivity index (χ2v) is 6.09. The van der Waals surface area contributed by atoms with Crippen molar-refractivity contribution in [2.75, 3.05) is 39.3 Å². The summed E-state index contributed by atoms with van der Waals surface area (Å²) in [6.07, 6.45) is 6.83. The molecule has 0 saturated carbocycles. The highest BCUT2D eigenvalue weighted by atomic mass is 15.3. The van der Waals surface area contributed by atoms with Crippen molar-refractivity contribution < 1.29 is 0 Å². The fourth-order valence-electron chi connectivity index (χ4n) is 3.32. The summed E-state index contributed by atoms with van der Waals surface area (Å²) in [6, 6.07) is 1.56. The van der Waals surface area contributed by atoms with Gasteiger partial charge in [0, 0.05) is 31.7 Å². The summed E-state index contributed by atoms with van der Waals surface area (Å²) in [5.74, 6) is 0. The largest absolute Gasteiger partial charge is 0.315 e. The highest BCUT2D eigenvalue weighted by molar-refractivity contribution is 4.88. The van der Waals surface area contributed by atoms with Crippen LogP contribution in [-0.2, 0) is 0 Å². The van der Waals surface area contributed by atoms with Gasteiger partial charge in [0.15, 0.2) is 0 Å². The summed E-state index contributed by atoms with van der Waals surface area (Å²) in [7, 11) is 0. The summed E-state index contributed by atoms with van der Waals surface area (Å²) in [5.41, 5.74) is 0. The summed E-state index contributed by atoms with van der Waals surface area (Å²) in [4.78, 5) is 5.40. The average Bonchev–Trinajstić information content (AvgIpc) is 3.03. The Morgan fingerprint density at radius 3 is 2.72 bits per heavy atom. The van der Waals surface area contributed by atoms with Crippen LogP contribution in [0.2, 0.25) is 0 Å². The van der Waals surface area contributed by atoms with Crippen LogP contribution in [0.25, 0.3) is 0 Å². The summed E-state index contributed by atoms with van der Waals surface area (Å²) in [5, 5.41) is 3.59. The van der Waals surface area contributed by atoms with E-state index in [-0.39, 0.29) is 0 Å². The lowest BCUT2D eigenvalue weighted by Gasteiger charge is -2.27. The van der Waals surface area contributed by atoms with Crippen molar-refractivity contribution in [1.29, 1.82) is 0 Å². The van der Waals surface area contributed by atoms with Gasteiger partial charge in [0.05, 0.1) is 0 Å². The van der Waals surface area contributed by atoms with Crippen LogP contribution in [-0.4, -0.2) is 61.2 Å². The van der Waals surface area contributed by atoms with E-state index < -0.39 is 0 Å². The second kappa shape index (κ2) is 7.46. The number of rotatable bonds is 7. The van der Waals surface area contributed by atoms with Gasteiger partial charge < -0.3 is 5.32 Å². The van der Waals surface area contributed by atoms with E-state index in [2.05, 4.69) is 29.0 Å². The van der Waals surface area contributed by atoms with Crippen LogP contribution in [0, 0.1) is 0 Å². The fourth-order valence-corrected chi connectivity index (χ4v) is 3.32. The van der Waals surface area contributed by atoms with Gasteiger partial charge in [-0.25, -0.2) is 0 Å². The van der Waals surface area contributed by atoms with Gasteiger partial charge >= 0.3 is 0 Å². The van der Waals surface area contributed by atoms with Gasteiger partial charge in [-0.15, -0.1) is 0 Å². The van der Waals surface area contributed by atoms with Crippen molar-refractivity contribution in [2.45, 2.75) is 58.0 Å². The zero-order valence-electron chi connectivity index (χ0n) is 12.3. The molecular formula is C15H31N3. The maximum absolute atomic E-state index is 3.59. The predicted molar refractivity (Wildman–Crippen MR) is 78.0 cm³/mol. The highest BCUT2D eigenvalue weighted by Crippen LogP contribution is 2.21. The third kappa shape index (κ3) is 3.94. The first-order valence-electron chi connectivity index (χ1n) is 8.00. The highest BCUT2D eigenvalue weighted by Gasteiger charge is 2.30. The van der Waals surface area contributed by atoms with Crippen LogP contribution in [0.1, 0.15) is 46.0 Å². The maximum Gasteiger partial charge on any atom is 0.0235 e. The lowest BCUT2D eigenvalue weighted by Crippen LogP contribution is -2.42. The van der Waals surface area contributed by atoms with Crippen LogP contribution >= 0.6 is 0 Å². The standard InChI is InChI=1S/C15H31N3/c1-3-4-8-16-12-14(2)18-11-7-15(13-18)17-9-5-6-10-17/h14-16H,3-13H2,1-2H3. The molecule has 0 aliphatic carbocycles. The number of likely N-dealkylation sites (tertiary alicyclic amines) is 2. The first-order valence-corrected chi connectivity index (χ1v) is 8.00. The molecular weight excluding hydrogens is 222 g/mol. The Balaban J connectivity index is 1.64. The minimum absolute atomic E-state index is 0.703. The first-order chi connectivity index (χ1) is 8.81. The Morgan fingerprint density at radius 1 is 1.22 bits per heavy atom. The molecule has 0 aromatic heterocycles. The summed E-state index contributed by atoms with van der Waals surface area (Å²) >= 11 is 0. The average molecular weight is 253 g/mol. The Labute approximate surface area is 113 Å². The molecule has 0 radical (unpaired) electrons. The molecule has 3 nitrogen and oxygen atoms in total. The molecule has 0 aromatic rings. The van der Waals surface area contributed by atoms with E-state index in [9.17, 15) is 0 Å². The van der Waals surface area contributed by atoms with Gasteiger partial charge in [-0.05, 0) is 52.2 Å². The molecule has 18 heavy (non-hydrogen) atoms. The van der Waals surface area contributed by atoms with E-state index in [0.29, 0.717) is 6.04 Å². The van der Waals surface area contributed by atoms with Crippen molar-refractivity contribution in [1.82, 2.24) is 15.1 Å². The molecule has 2 aliphatic heterocycles. The Bertz CT molecular complexity index is 226. The minimum atomic E-state index is 0.703. The van der Waals surface area contributed by atoms with Crippen LogP contribution in [0.4, 0.5) is 0 Å². The lowest BCUT2D eigenvalue weighted by atomic mass is 10.2. The molecule has 2 rings (SSSR count). The van der Waals surface area contributed by atoms with Crippen molar-refractivity contribution in [2.24, 2.45) is 0 Å². The van der Waals surface area contributed by atoms with E-state index in [1.165, 1.54) is 64.8 Å². The molecule has 2 unspecified atom stereocenters. The lowest BCUT2D eigenvalue weighted by molar-refractivity contribution is 0.204. The number of hydrogen-bond acceptors (Lipinski definition) is 3. The number of unbranched alkanes of at least 4 members (excludes halogenated alkanes) is 1. The van der Waals surface area contributed by atoms with E-state index in [1.807, 2.05) is 0 Å². The molecule has 1 N–H and O–H groups in total. The smallest absolute Gasteiger partial charge is 0.0235 e. The summed E-state index contributed by atoms with van der Waals surface area (Å²) < 4.78 is 0. The quantitative estimate of drug-likeness (QED) is 0.700. The summed E-state index contributed by atoms with van der Waals surface area (Å²) in [6.45, 7) is 12.3. The van der Waals surface area contributed by atoms with Gasteiger partial charge in [0.25, 0.3) is 0 Å².